The van der Waals surface area contributed by atoms with Crippen LogP contribution in [-0.4, -0.2) is 17.3 Å². The molecule has 0 aliphatic heterocycles. The van der Waals surface area contributed by atoms with E-state index in [1.54, 1.807) is 25.2 Å². The zero-order chi connectivity index (χ0) is 10.1. The molecule has 4 heteroatoms. The summed E-state index contributed by atoms with van der Waals surface area (Å²) in [6.07, 6.45) is 0. The standard InChI is InChI=1S/C9H14BrNOS/c1-9(2,12)6(5-11)7-3-4-8(10)13-7/h3-4,6,12H,5,11H2,1-2H3. The Morgan fingerprint density at radius 2 is 2.23 bits per heavy atom. The van der Waals surface area contributed by atoms with Gasteiger partial charge in [0.25, 0.3) is 0 Å². The van der Waals surface area contributed by atoms with Crippen LogP contribution in [-0.2, 0) is 0 Å². The number of rotatable bonds is 3. The molecule has 0 spiro atoms. The van der Waals surface area contributed by atoms with Crippen molar-refractivity contribution in [1.82, 2.24) is 0 Å². The molecule has 1 aromatic rings. The van der Waals surface area contributed by atoms with Gasteiger partial charge in [-0.2, -0.15) is 0 Å². The number of aliphatic hydroxyl groups is 1. The van der Waals surface area contributed by atoms with Crippen LogP contribution in [0.5, 0.6) is 0 Å². The van der Waals surface area contributed by atoms with Crippen LogP contribution < -0.4 is 5.73 Å². The Morgan fingerprint density at radius 3 is 2.54 bits per heavy atom. The minimum atomic E-state index is -0.751. The van der Waals surface area contributed by atoms with Crippen LogP contribution in [0.1, 0.15) is 24.6 Å². The fourth-order valence-electron chi connectivity index (χ4n) is 1.27. The van der Waals surface area contributed by atoms with E-state index in [0.29, 0.717) is 6.54 Å². The third-order valence-electron chi connectivity index (χ3n) is 2.03. The van der Waals surface area contributed by atoms with Gasteiger partial charge >= 0.3 is 0 Å². The summed E-state index contributed by atoms with van der Waals surface area (Å²) in [7, 11) is 0. The maximum absolute atomic E-state index is 9.85. The first-order chi connectivity index (χ1) is 5.95. The molecule has 1 aromatic heterocycles. The Morgan fingerprint density at radius 1 is 1.62 bits per heavy atom. The smallest absolute Gasteiger partial charge is 0.0701 e. The van der Waals surface area contributed by atoms with Crippen molar-refractivity contribution >= 4 is 27.3 Å². The summed E-state index contributed by atoms with van der Waals surface area (Å²) in [5, 5.41) is 9.85. The van der Waals surface area contributed by atoms with Crippen molar-refractivity contribution in [1.29, 1.82) is 0 Å². The van der Waals surface area contributed by atoms with Crippen molar-refractivity contribution in [2.24, 2.45) is 5.73 Å². The zero-order valence-electron chi connectivity index (χ0n) is 7.75. The fraction of sp³-hybridized carbons (Fsp3) is 0.556. The molecule has 0 amide bonds. The molecule has 1 atom stereocenters. The van der Waals surface area contributed by atoms with Crippen LogP contribution in [0.25, 0.3) is 0 Å². The second-order valence-electron chi connectivity index (χ2n) is 3.58. The van der Waals surface area contributed by atoms with Crippen LogP contribution in [0, 0.1) is 0 Å². The lowest BCUT2D eigenvalue weighted by Crippen LogP contribution is -2.33. The molecule has 1 heterocycles. The molecule has 1 unspecified atom stereocenters. The molecule has 3 N–H and O–H groups in total. The van der Waals surface area contributed by atoms with Crippen molar-refractivity contribution in [3.8, 4) is 0 Å². The van der Waals surface area contributed by atoms with Gasteiger partial charge in [-0.15, -0.1) is 11.3 Å². The summed E-state index contributed by atoms with van der Waals surface area (Å²) >= 11 is 5.02. The van der Waals surface area contributed by atoms with Crippen LogP contribution >= 0.6 is 27.3 Å². The van der Waals surface area contributed by atoms with E-state index in [1.165, 1.54) is 0 Å². The molecule has 0 aliphatic rings. The third-order valence-corrected chi connectivity index (χ3v) is 3.76. The van der Waals surface area contributed by atoms with Crippen molar-refractivity contribution < 1.29 is 5.11 Å². The first-order valence-electron chi connectivity index (χ1n) is 4.13. The highest BCUT2D eigenvalue weighted by molar-refractivity contribution is 9.11. The topological polar surface area (TPSA) is 46.2 Å². The highest BCUT2D eigenvalue weighted by Gasteiger charge is 2.28. The van der Waals surface area contributed by atoms with Gasteiger partial charge in [-0.05, 0) is 41.9 Å². The molecule has 13 heavy (non-hydrogen) atoms. The van der Waals surface area contributed by atoms with Crippen molar-refractivity contribution in [2.75, 3.05) is 6.54 Å². The van der Waals surface area contributed by atoms with E-state index >= 15 is 0 Å². The number of nitrogens with two attached hydrogens (primary N) is 1. The van der Waals surface area contributed by atoms with E-state index in [0.717, 1.165) is 8.66 Å². The summed E-state index contributed by atoms with van der Waals surface area (Å²) in [6, 6.07) is 3.98. The first-order valence-corrected chi connectivity index (χ1v) is 5.73. The van der Waals surface area contributed by atoms with Gasteiger partial charge in [0.1, 0.15) is 0 Å². The van der Waals surface area contributed by atoms with E-state index in [9.17, 15) is 5.11 Å². The highest BCUT2D eigenvalue weighted by atomic mass is 79.9. The van der Waals surface area contributed by atoms with E-state index in [2.05, 4.69) is 15.9 Å². The van der Waals surface area contributed by atoms with Crippen LogP contribution in [0.2, 0.25) is 0 Å². The number of hydrogen-bond acceptors (Lipinski definition) is 3. The van der Waals surface area contributed by atoms with Crippen molar-refractivity contribution in [3.63, 3.8) is 0 Å². The van der Waals surface area contributed by atoms with E-state index in [-0.39, 0.29) is 5.92 Å². The lowest BCUT2D eigenvalue weighted by atomic mass is 9.90. The summed E-state index contributed by atoms with van der Waals surface area (Å²) in [5.74, 6) is 0.0174. The summed E-state index contributed by atoms with van der Waals surface area (Å²) in [6.45, 7) is 4.05. The van der Waals surface area contributed by atoms with Gasteiger partial charge in [0.15, 0.2) is 0 Å². The largest absolute Gasteiger partial charge is 0.390 e. The molecule has 1 rings (SSSR count). The molecular weight excluding hydrogens is 250 g/mol. The van der Waals surface area contributed by atoms with Gasteiger partial charge in [-0.25, -0.2) is 0 Å². The minimum Gasteiger partial charge on any atom is -0.390 e. The van der Waals surface area contributed by atoms with Gasteiger partial charge in [0.2, 0.25) is 0 Å². The number of halogens is 1. The molecule has 0 fully saturated rings. The quantitative estimate of drug-likeness (QED) is 0.880. The van der Waals surface area contributed by atoms with Crippen LogP contribution in [0.15, 0.2) is 15.9 Å². The van der Waals surface area contributed by atoms with Gasteiger partial charge in [-0.3, -0.25) is 0 Å². The average molecular weight is 264 g/mol. The molecule has 2 nitrogen and oxygen atoms in total. The second kappa shape index (κ2) is 4.09. The summed E-state index contributed by atoms with van der Waals surface area (Å²) in [4.78, 5) is 1.13. The van der Waals surface area contributed by atoms with Crippen LogP contribution in [0.4, 0.5) is 0 Å². The first kappa shape index (κ1) is 11.2. The normalized spacial score (nSPS) is 14.5. The van der Waals surface area contributed by atoms with Gasteiger partial charge < -0.3 is 10.8 Å². The third kappa shape index (κ3) is 2.77. The van der Waals surface area contributed by atoms with Gasteiger partial charge in [-0.1, -0.05) is 0 Å². The van der Waals surface area contributed by atoms with E-state index in [4.69, 9.17) is 5.73 Å². The average Bonchev–Trinajstić information content (AvgIpc) is 2.34. The fourth-order valence-corrected chi connectivity index (χ4v) is 2.99. The van der Waals surface area contributed by atoms with Gasteiger partial charge in [0.05, 0.1) is 9.39 Å². The Balaban J connectivity index is 2.91. The predicted molar refractivity (Wildman–Crippen MR) is 60.1 cm³/mol. The van der Waals surface area contributed by atoms with E-state index < -0.39 is 5.60 Å². The molecule has 0 saturated carbocycles. The van der Waals surface area contributed by atoms with E-state index in [1.807, 2.05) is 12.1 Å². The zero-order valence-corrected chi connectivity index (χ0v) is 10.2. The predicted octanol–water partition coefficient (Wildman–Crippen LogP) is 2.32. The Hall–Kier alpha value is 0.1000. The lowest BCUT2D eigenvalue weighted by molar-refractivity contribution is 0.0537. The molecule has 0 saturated heterocycles. The number of hydrogen-bond donors (Lipinski definition) is 2. The number of thiophene rings is 1. The maximum Gasteiger partial charge on any atom is 0.0701 e. The van der Waals surface area contributed by atoms with Crippen molar-refractivity contribution in [3.05, 3.63) is 20.8 Å². The molecule has 0 aliphatic carbocycles. The maximum atomic E-state index is 9.85. The monoisotopic (exact) mass is 263 g/mol. The molecular formula is C9H14BrNOS. The van der Waals surface area contributed by atoms with Gasteiger partial charge in [0, 0.05) is 17.3 Å². The van der Waals surface area contributed by atoms with Crippen molar-refractivity contribution in [2.45, 2.75) is 25.4 Å². The highest BCUT2D eigenvalue weighted by Crippen LogP contribution is 2.34. The second-order valence-corrected chi connectivity index (χ2v) is 6.08. The SMILES string of the molecule is CC(C)(O)C(CN)c1ccc(Br)s1. The molecule has 0 aromatic carbocycles. The molecule has 0 bridgehead atoms. The lowest BCUT2D eigenvalue weighted by Gasteiger charge is -2.27. The summed E-state index contributed by atoms with van der Waals surface area (Å²) < 4.78 is 1.07. The summed E-state index contributed by atoms with van der Waals surface area (Å²) in [5.41, 5.74) is 4.88. The minimum absolute atomic E-state index is 0.0174. The molecule has 74 valence electrons. The van der Waals surface area contributed by atoms with Crippen LogP contribution in [0.3, 0.4) is 0 Å². The Bertz CT molecular complexity index is 279. The Kier molecular flexibility index (Phi) is 3.51. The molecule has 0 radical (unpaired) electrons. The Labute approximate surface area is 90.9 Å².